The Morgan fingerprint density at radius 1 is 1.22 bits per heavy atom. The molecule has 0 amide bonds. The molecule has 2 aliphatic rings. The Kier molecular flexibility index (Phi) is 2.83. The molecule has 3 nitrogen and oxygen atoms in total. The van der Waals surface area contributed by atoms with Gasteiger partial charge in [0.1, 0.15) is 5.75 Å². The van der Waals surface area contributed by atoms with Crippen molar-refractivity contribution < 1.29 is 9.47 Å². The number of nitrogens with two attached hydrogens (primary N) is 1. The number of rotatable bonds is 4. The molecule has 1 saturated heterocycles. The average Bonchev–Trinajstić information content (AvgIpc) is 2.32. The highest BCUT2D eigenvalue weighted by atomic mass is 16.5. The number of hydrogen-bond donors (Lipinski definition) is 1. The summed E-state index contributed by atoms with van der Waals surface area (Å²) in [5.41, 5.74) is 7.65. The molecule has 3 heteroatoms. The minimum Gasteiger partial charge on any atom is -0.493 e. The van der Waals surface area contributed by atoms with E-state index in [9.17, 15) is 0 Å². The quantitative estimate of drug-likeness (QED) is 0.888. The Balaban J connectivity index is 1.60. The molecule has 1 saturated carbocycles. The predicted molar refractivity (Wildman–Crippen MR) is 70.6 cm³/mol. The Bertz CT molecular complexity index is 419. The van der Waals surface area contributed by atoms with E-state index in [1.807, 2.05) is 12.1 Å². The fourth-order valence-electron chi connectivity index (χ4n) is 2.52. The second kappa shape index (κ2) is 4.25. The summed E-state index contributed by atoms with van der Waals surface area (Å²) in [6, 6.07) is 8.28. The molecule has 0 bridgehead atoms. The van der Waals surface area contributed by atoms with Gasteiger partial charge in [-0.05, 0) is 37.0 Å². The van der Waals surface area contributed by atoms with Crippen molar-refractivity contribution in [1.29, 1.82) is 0 Å². The molecule has 2 N–H and O–H groups in total. The molecule has 1 aromatic carbocycles. The van der Waals surface area contributed by atoms with Gasteiger partial charge in [-0.2, -0.15) is 0 Å². The first kappa shape index (κ1) is 12.0. The van der Waals surface area contributed by atoms with Gasteiger partial charge in [0.25, 0.3) is 0 Å². The van der Waals surface area contributed by atoms with Crippen LogP contribution in [0.2, 0.25) is 0 Å². The Hall–Kier alpha value is -1.06. The van der Waals surface area contributed by atoms with E-state index < -0.39 is 0 Å². The Morgan fingerprint density at radius 3 is 2.33 bits per heavy atom. The first-order valence-electron chi connectivity index (χ1n) is 6.70. The molecule has 0 atom stereocenters. The van der Waals surface area contributed by atoms with Crippen LogP contribution in [0, 0.1) is 5.41 Å². The third kappa shape index (κ3) is 2.13. The monoisotopic (exact) mass is 247 g/mol. The van der Waals surface area contributed by atoms with Crippen LogP contribution in [0.5, 0.6) is 5.75 Å². The van der Waals surface area contributed by atoms with Crippen LogP contribution < -0.4 is 10.5 Å². The van der Waals surface area contributed by atoms with Crippen molar-refractivity contribution in [2.75, 3.05) is 19.8 Å². The van der Waals surface area contributed by atoms with Gasteiger partial charge in [0.2, 0.25) is 0 Å². The fraction of sp³-hybridized carbons (Fsp3) is 0.600. The fourth-order valence-corrected chi connectivity index (χ4v) is 2.52. The zero-order chi connectivity index (χ0) is 12.6. The summed E-state index contributed by atoms with van der Waals surface area (Å²) >= 11 is 0. The van der Waals surface area contributed by atoms with Crippen molar-refractivity contribution in [3.63, 3.8) is 0 Å². The van der Waals surface area contributed by atoms with Crippen LogP contribution in [0.4, 0.5) is 0 Å². The third-order valence-electron chi connectivity index (χ3n) is 4.16. The van der Waals surface area contributed by atoms with E-state index >= 15 is 0 Å². The molecule has 0 spiro atoms. The topological polar surface area (TPSA) is 44.5 Å². The molecule has 1 aromatic rings. The van der Waals surface area contributed by atoms with E-state index in [1.165, 1.54) is 12.0 Å². The van der Waals surface area contributed by atoms with Crippen LogP contribution in [-0.4, -0.2) is 19.8 Å². The van der Waals surface area contributed by atoms with Crippen molar-refractivity contribution in [3.05, 3.63) is 29.8 Å². The molecule has 2 fully saturated rings. The molecule has 0 unspecified atom stereocenters. The van der Waals surface area contributed by atoms with Crippen LogP contribution in [0.1, 0.15) is 31.7 Å². The molecule has 18 heavy (non-hydrogen) atoms. The normalized spacial score (nSPS) is 23.9. The van der Waals surface area contributed by atoms with E-state index in [1.54, 1.807) is 0 Å². The van der Waals surface area contributed by atoms with Gasteiger partial charge in [-0.15, -0.1) is 0 Å². The molecule has 0 radical (unpaired) electrons. The van der Waals surface area contributed by atoms with Crippen molar-refractivity contribution >= 4 is 0 Å². The van der Waals surface area contributed by atoms with Crippen molar-refractivity contribution in [1.82, 2.24) is 0 Å². The van der Waals surface area contributed by atoms with Gasteiger partial charge in [-0.1, -0.05) is 19.1 Å². The minimum absolute atomic E-state index is 0.0771. The second-order valence-corrected chi connectivity index (χ2v) is 6.13. The van der Waals surface area contributed by atoms with Crippen molar-refractivity contribution in [3.8, 4) is 5.75 Å². The smallest absolute Gasteiger partial charge is 0.119 e. The van der Waals surface area contributed by atoms with Gasteiger partial charge < -0.3 is 15.2 Å². The van der Waals surface area contributed by atoms with Crippen LogP contribution in [0.3, 0.4) is 0 Å². The highest BCUT2D eigenvalue weighted by Crippen LogP contribution is 2.39. The largest absolute Gasteiger partial charge is 0.493 e. The number of benzene rings is 1. The zero-order valence-corrected chi connectivity index (χ0v) is 10.9. The zero-order valence-electron chi connectivity index (χ0n) is 10.9. The van der Waals surface area contributed by atoms with Gasteiger partial charge in [-0.25, -0.2) is 0 Å². The maximum absolute atomic E-state index is 6.29. The minimum atomic E-state index is -0.0771. The number of hydrogen-bond acceptors (Lipinski definition) is 3. The Morgan fingerprint density at radius 2 is 1.89 bits per heavy atom. The summed E-state index contributed by atoms with van der Waals surface area (Å²) in [4.78, 5) is 0. The van der Waals surface area contributed by atoms with Gasteiger partial charge in [0.15, 0.2) is 0 Å². The van der Waals surface area contributed by atoms with E-state index in [-0.39, 0.29) is 11.0 Å². The van der Waals surface area contributed by atoms with Gasteiger partial charge >= 0.3 is 0 Å². The van der Waals surface area contributed by atoms with Gasteiger partial charge in [0, 0.05) is 11.0 Å². The lowest BCUT2D eigenvalue weighted by Crippen LogP contribution is -2.44. The van der Waals surface area contributed by atoms with Crippen LogP contribution in [0.25, 0.3) is 0 Å². The average molecular weight is 247 g/mol. The lowest BCUT2D eigenvalue weighted by molar-refractivity contribution is -0.120. The third-order valence-corrected chi connectivity index (χ3v) is 4.16. The van der Waals surface area contributed by atoms with Crippen LogP contribution in [-0.2, 0) is 10.3 Å². The van der Waals surface area contributed by atoms with Crippen LogP contribution >= 0.6 is 0 Å². The van der Waals surface area contributed by atoms with Gasteiger partial charge in [-0.3, -0.25) is 0 Å². The summed E-state index contributed by atoms with van der Waals surface area (Å²) in [6.07, 6.45) is 3.44. The molecular weight excluding hydrogens is 226 g/mol. The maximum atomic E-state index is 6.29. The molecule has 1 aliphatic heterocycles. The second-order valence-electron chi connectivity index (χ2n) is 6.13. The predicted octanol–water partition coefficient (Wildman–Crippen LogP) is 2.44. The molecule has 1 heterocycles. The molecule has 98 valence electrons. The molecule has 3 rings (SSSR count). The van der Waals surface area contributed by atoms with E-state index in [4.69, 9.17) is 15.2 Å². The van der Waals surface area contributed by atoms with Crippen molar-refractivity contribution in [2.24, 2.45) is 11.1 Å². The van der Waals surface area contributed by atoms with E-state index in [0.717, 1.165) is 38.4 Å². The SMILES string of the molecule is CC1(COc2ccc(C3(N)CCC3)cc2)COC1. The first-order valence-corrected chi connectivity index (χ1v) is 6.70. The van der Waals surface area contributed by atoms with E-state index in [2.05, 4.69) is 19.1 Å². The lowest BCUT2D eigenvalue weighted by atomic mass is 9.73. The van der Waals surface area contributed by atoms with E-state index in [0.29, 0.717) is 0 Å². The first-order chi connectivity index (χ1) is 8.60. The highest BCUT2D eigenvalue weighted by Gasteiger charge is 2.35. The molecule has 0 aromatic heterocycles. The molecule has 1 aliphatic carbocycles. The Labute approximate surface area is 108 Å². The molecular formula is C15H21NO2. The lowest BCUT2D eigenvalue weighted by Gasteiger charge is -2.39. The van der Waals surface area contributed by atoms with Crippen LogP contribution in [0.15, 0.2) is 24.3 Å². The standard InChI is InChI=1S/C15H21NO2/c1-14(9-17-10-14)11-18-13-5-3-12(4-6-13)15(16)7-2-8-15/h3-6H,2,7-11,16H2,1H3. The summed E-state index contributed by atoms with van der Waals surface area (Å²) in [5.74, 6) is 0.926. The maximum Gasteiger partial charge on any atom is 0.119 e. The summed E-state index contributed by atoms with van der Waals surface area (Å²) < 4.78 is 11.0. The summed E-state index contributed by atoms with van der Waals surface area (Å²) in [5, 5.41) is 0. The van der Waals surface area contributed by atoms with Gasteiger partial charge in [0.05, 0.1) is 19.8 Å². The van der Waals surface area contributed by atoms with Crippen molar-refractivity contribution in [2.45, 2.75) is 31.7 Å². The summed E-state index contributed by atoms with van der Waals surface area (Å²) in [6.45, 7) is 4.52. The number of ether oxygens (including phenoxy) is 2. The summed E-state index contributed by atoms with van der Waals surface area (Å²) in [7, 11) is 0. The highest BCUT2D eigenvalue weighted by molar-refractivity contribution is 5.33.